The van der Waals surface area contributed by atoms with Crippen molar-refractivity contribution in [3.8, 4) is 0 Å². The zero-order chi connectivity index (χ0) is 16.0. The number of allylic oxidation sites excluding steroid dienone is 2. The van der Waals surface area contributed by atoms with E-state index in [0.717, 1.165) is 24.0 Å². The molecule has 0 bridgehead atoms. The molecular formula is C18H21NO2S. The van der Waals surface area contributed by atoms with E-state index >= 15 is 0 Å². The summed E-state index contributed by atoms with van der Waals surface area (Å²) in [5.41, 5.74) is 2.74. The number of anilines is 1. The minimum atomic E-state index is -3.54. The van der Waals surface area contributed by atoms with Crippen LogP contribution in [0.5, 0.6) is 0 Å². The maximum atomic E-state index is 12.4. The van der Waals surface area contributed by atoms with E-state index in [0.29, 0.717) is 5.69 Å². The molecule has 2 aromatic rings. The summed E-state index contributed by atoms with van der Waals surface area (Å²) in [5.74, 6) is 0. The van der Waals surface area contributed by atoms with Gasteiger partial charge in [0, 0.05) is 5.69 Å². The number of sulfonamides is 1. The Labute approximate surface area is 132 Å². The Balaban J connectivity index is 2.15. The van der Waals surface area contributed by atoms with Crippen molar-refractivity contribution in [1.29, 1.82) is 0 Å². The Bertz CT molecular complexity index is 747. The SMILES string of the molecule is C/C=C/CCc1cccc(NS(=O)(=O)c2ccc(C)cc2)c1. The molecule has 4 heteroatoms. The van der Waals surface area contributed by atoms with Crippen LogP contribution in [0.15, 0.2) is 65.6 Å². The van der Waals surface area contributed by atoms with Gasteiger partial charge in [-0.05, 0) is 56.5 Å². The van der Waals surface area contributed by atoms with Gasteiger partial charge >= 0.3 is 0 Å². The number of benzene rings is 2. The van der Waals surface area contributed by atoms with Crippen molar-refractivity contribution in [1.82, 2.24) is 0 Å². The van der Waals surface area contributed by atoms with E-state index in [1.54, 1.807) is 30.3 Å². The summed E-state index contributed by atoms with van der Waals surface area (Å²) in [7, 11) is -3.54. The second kappa shape index (κ2) is 7.27. The van der Waals surface area contributed by atoms with Gasteiger partial charge in [-0.1, -0.05) is 42.0 Å². The molecule has 0 fully saturated rings. The Morgan fingerprint density at radius 3 is 2.50 bits per heavy atom. The lowest BCUT2D eigenvalue weighted by Crippen LogP contribution is -2.13. The number of nitrogens with one attached hydrogen (secondary N) is 1. The van der Waals surface area contributed by atoms with Crippen molar-refractivity contribution in [3.05, 3.63) is 71.8 Å². The summed E-state index contributed by atoms with van der Waals surface area (Å²) in [6.45, 7) is 3.92. The molecule has 0 saturated heterocycles. The molecule has 0 atom stereocenters. The summed E-state index contributed by atoms with van der Waals surface area (Å²) in [5, 5.41) is 0. The molecular weight excluding hydrogens is 294 g/mol. The molecule has 22 heavy (non-hydrogen) atoms. The van der Waals surface area contributed by atoms with Crippen molar-refractivity contribution in [3.63, 3.8) is 0 Å². The van der Waals surface area contributed by atoms with Crippen LogP contribution >= 0.6 is 0 Å². The Kier molecular flexibility index (Phi) is 5.39. The van der Waals surface area contributed by atoms with Gasteiger partial charge in [-0.3, -0.25) is 4.72 Å². The first-order valence-corrected chi connectivity index (χ1v) is 8.79. The fourth-order valence-electron chi connectivity index (χ4n) is 2.14. The third kappa shape index (κ3) is 4.46. The highest BCUT2D eigenvalue weighted by Crippen LogP contribution is 2.18. The second-order valence-corrected chi connectivity index (χ2v) is 6.91. The summed E-state index contributed by atoms with van der Waals surface area (Å²) in [6.07, 6.45) is 5.96. The van der Waals surface area contributed by atoms with Crippen molar-refractivity contribution >= 4 is 15.7 Å². The van der Waals surface area contributed by atoms with E-state index in [2.05, 4.69) is 10.8 Å². The van der Waals surface area contributed by atoms with Gasteiger partial charge in [0.1, 0.15) is 0 Å². The summed E-state index contributed by atoms with van der Waals surface area (Å²) >= 11 is 0. The van der Waals surface area contributed by atoms with Crippen LogP contribution in [0.4, 0.5) is 5.69 Å². The van der Waals surface area contributed by atoms with Gasteiger partial charge in [0.05, 0.1) is 4.90 Å². The van der Waals surface area contributed by atoms with E-state index in [9.17, 15) is 8.42 Å². The van der Waals surface area contributed by atoms with Crippen LogP contribution in [-0.4, -0.2) is 8.42 Å². The number of rotatable bonds is 6. The summed E-state index contributed by atoms with van der Waals surface area (Å²) in [4.78, 5) is 0.275. The molecule has 116 valence electrons. The molecule has 0 aliphatic rings. The first-order valence-electron chi connectivity index (χ1n) is 7.31. The van der Waals surface area contributed by atoms with Gasteiger partial charge < -0.3 is 0 Å². The van der Waals surface area contributed by atoms with Gasteiger partial charge in [-0.25, -0.2) is 8.42 Å². The maximum absolute atomic E-state index is 12.4. The van der Waals surface area contributed by atoms with E-state index in [1.165, 1.54) is 0 Å². The van der Waals surface area contributed by atoms with Gasteiger partial charge in [0.25, 0.3) is 10.0 Å². The highest BCUT2D eigenvalue weighted by Gasteiger charge is 2.13. The molecule has 0 amide bonds. The highest BCUT2D eigenvalue weighted by atomic mass is 32.2. The topological polar surface area (TPSA) is 46.2 Å². The van der Waals surface area contributed by atoms with Crippen LogP contribution in [-0.2, 0) is 16.4 Å². The van der Waals surface area contributed by atoms with E-state index < -0.39 is 10.0 Å². The quantitative estimate of drug-likeness (QED) is 0.808. The van der Waals surface area contributed by atoms with Crippen molar-refractivity contribution in [2.75, 3.05) is 4.72 Å². The first-order chi connectivity index (χ1) is 10.5. The van der Waals surface area contributed by atoms with Gasteiger partial charge in [-0.15, -0.1) is 0 Å². The van der Waals surface area contributed by atoms with E-state index in [1.807, 2.05) is 38.1 Å². The van der Waals surface area contributed by atoms with Crippen LogP contribution in [0.25, 0.3) is 0 Å². The number of hydrogen-bond donors (Lipinski definition) is 1. The lowest BCUT2D eigenvalue weighted by molar-refractivity contribution is 0.601. The van der Waals surface area contributed by atoms with Gasteiger partial charge in [-0.2, -0.15) is 0 Å². The average Bonchev–Trinajstić information content (AvgIpc) is 2.48. The maximum Gasteiger partial charge on any atom is 0.261 e. The third-order valence-corrected chi connectivity index (χ3v) is 4.74. The standard InChI is InChI=1S/C18H21NO2S/c1-3-4-5-7-16-8-6-9-17(14-16)19-22(20,21)18-12-10-15(2)11-13-18/h3-4,6,8-14,19H,5,7H2,1-2H3/b4-3+. The van der Waals surface area contributed by atoms with Gasteiger partial charge in [0.2, 0.25) is 0 Å². The molecule has 0 heterocycles. The monoisotopic (exact) mass is 315 g/mol. The third-order valence-electron chi connectivity index (χ3n) is 3.35. The molecule has 1 N–H and O–H groups in total. The highest BCUT2D eigenvalue weighted by molar-refractivity contribution is 7.92. The predicted octanol–water partition coefficient (Wildman–Crippen LogP) is 4.30. The number of aryl methyl sites for hydroxylation is 2. The smallest absolute Gasteiger partial charge is 0.261 e. The van der Waals surface area contributed by atoms with E-state index in [4.69, 9.17) is 0 Å². The molecule has 2 rings (SSSR count). The Hall–Kier alpha value is -2.07. The lowest BCUT2D eigenvalue weighted by atomic mass is 10.1. The molecule has 2 aromatic carbocycles. The second-order valence-electron chi connectivity index (χ2n) is 5.23. The van der Waals surface area contributed by atoms with Crippen LogP contribution in [0, 0.1) is 6.92 Å². The normalized spacial score (nSPS) is 11.7. The molecule has 0 spiro atoms. The molecule has 0 aromatic heterocycles. The minimum Gasteiger partial charge on any atom is -0.280 e. The molecule has 0 aliphatic heterocycles. The molecule has 3 nitrogen and oxygen atoms in total. The van der Waals surface area contributed by atoms with Crippen LogP contribution < -0.4 is 4.72 Å². The average molecular weight is 315 g/mol. The fraction of sp³-hybridized carbons (Fsp3) is 0.222. The van der Waals surface area contributed by atoms with Crippen LogP contribution in [0.1, 0.15) is 24.5 Å². The fourth-order valence-corrected chi connectivity index (χ4v) is 3.19. The van der Waals surface area contributed by atoms with Crippen molar-refractivity contribution < 1.29 is 8.42 Å². The van der Waals surface area contributed by atoms with E-state index in [-0.39, 0.29) is 4.90 Å². The molecule has 0 unspecified atom stereocenters. The summed E-state index contributed by atoms with van der Waals surface area (Å²) < 4.78 is 27.4. The minimum absolute atomic E-state index is 0.275. The van der Waals surface area contributed by atoms with Gasteiger partial charge in [0.15, 0.2) is 0 Å². The largest absolute Gasteiger partial charge is 0.280 e. The zero-order valence-electron chi connectivity index (χ0n) is 12.9. The molecule has 0 aliphatic carbocycles. The summed E-state index contributed by atoms with van der Waals surface area (Å²) in [6, 6.07) is 14.4. The molecule has 0 radical (unpaired) electrons. The van der Waals surface area contributed by atoms with Crippen molar-refractivity contribution in [2.45, 2.75) is 31.6 Å². The Morgan fingerprint density at radius 1 is 1.09 bits per heavy atom. The zero-order valence-corrected chi connectivity index (χ0v) is 13.7. The Morgan fingerprint density at radius 2 is 1.82 bits per heavy atom. The van der Waals surface area contributed by atoms with Crippen LogP contribution in [0.3, 0.4) is 0 Å². The number of hydrogen-bond acceptors (Lipinski definition) is 2. The lowest BCUT2D eigenvalue weighted by Gasteiger charge is -2.09. The first kappa shape index (κ1) is 16.3. The molecule has 0 saturated carbocycles. The van der Waals surface area contributed by atoms with Crippen LogP contribution in [0.2, 0.25) is 0 Å². The predicted molar refractivity (Wildman–Crippen MR) is 91.6 cm³/mol. The van der Waals surface area contributed by atoms with Crippen molar-refractivity contribution in [2.24, 2.45) is 0 Å².